The first-order valence-electron chi connectivity index (χ1n) is 7.88. The minimum absolute atomic E-state index is 0.0848. The summed E-state index contributed by atoms with van der Waals surface area (Å²) in [4.78, 5) is 16.9. The maximum Gasteiger partial charge on any atom is 0.135 e. The predicted octanol–water partition coefficient (Wildman–Crippen LogP) is 0.495. The van der Waals surface area contributed by atoms with E-state index in [9.17, 15) is 9.90 Å². The highest BCUT2D eigenvalue weighted by molar-refractivity contribution is 5.80. The molecule has 4 rings (SSSR count). The molecule has 2 unspecified atom stereocenters. The van der Waals surface area contributed by atoms with Crippen LogP contribution in [0.1, 0.15) is 32.1 Å². The molecule has 5 atom stereocenters. The van der Waals surface area contributed by atoms with Crippen LogP contribution >= 0.6 is 0 Å². The van der Waals surface area contributed by atoms with Gasteiger partial charge in [-0.25, -0.2) is 0 Å². The molecule has 4 heterocycles. The van der Waals surface area contributed by atoms with E-state index in [0.29, 0.717) is 23.8 Å². The number of hydrogen-bond acceptors (Lipinski definition) is 4. The molecule has 1 N–H and O–H groups in total. The van der Waals surface area contributed by atoms with E-state index in [2.05, 4.69) is 9.80 Å². The van der Waals surface area contributed by atoms with Crippen LogP contribution < -0.4 is 0 Å². The summed E-state index contributed by atoms with van der Waals surface area (Å²) >= 11 is 0. The molecule has 0 aromatic heterocycles. The molecule has 2 bridgehead atoms. The smallest absolute Gasteiger partial charge is 0.135 e. The number of carbonyl (C=O) groups is 1. The molecule has 19 heavy (non-hydrogen) atoms. The molecule has 4 aliphatic rings. The summed E-state index contributed by atoms with van der Waals surface area (Å²) in [5.41, 5.74) is 0. The highest BCUT2D eigenvalue weighted by Gasteiger charge is 2.48. The summed E-state index contributed by atoms with van der Waals surface area (Å²) in [6.45, 7) is 4.34. The second-order valence-corrected chi connectivity index (χ2v) is 7.05. The molecule has 106 valence electrons. The Morgan fingerprint density at radius 3 is 2.58 bits per heavy atom. The lowest BCUT2D eigenvalue weighted by Gasteiger charge is -2.57. The summed E-state index contributed by atoms with van der Waals surface area (Å²) < 4.78 is 0. The molecule has 0 aliphatic carbocycles. The molecule has 4 aliphatic heterocycles. The number of Topliss-reactive ketones (excluding diaryl/α,β-unsaturated/α-hetero) is 1. The molecule has 0 aromatic rings. The lowest BCUT2D eigenvalue weighted by molar-refractivity contribution is -0.131. The fraction of sp³-hybridized carbons (Fsp3) is 0.933. The molecule has 4 fully saturated rings. The number of carbonyl (C=O) groups excluding carboxylic acids is 1. The van der Waals surface area contributed by atoms with Crippen LogP contribution in [0.15, 0.2) is 0 Å². The van der Waals surface area contributed by atoms with Crippen molar-refractivity contribution in [3.8, 4) is 0 Å². The first-order valence-corrected chi connectivity index (χ1v) is 7.88. The SMILES string of the molecule is O=C1CCN2C[C@@H]3C[C@@H](CN4CC[C@H](O)CC34)C2C1. The van der Waals surface area contributed by atoms with Crippen molar-refractivity contribution in [1.82, 2.24) is 9.80 Å². The molecule has 0 radical (unpaired) electrons. The highest BCUT2D eigenvalue weighted by atomic mass is 16.3. The van der Waals surface area contributed by atoms with Gasteiger partial charge in [-0.2, -0.15) is 0 Å². The highest BCUT2D eigenvalue weighted by Crippen LogP contribution is 2.42. The van der Waals surface area contributed by atoms with Crippen LogP contribution in [0.3, 0.4) is 0 Å². The molecule has 4 saturated heterocycles. The first-order chi connectivity index (χ1) is 9.20. The van der Waals surface area contributed by atoms with Crippen molar-refractivity contribution in [2.75, 3.05) is 26.2 Å². The number of nitrogens with zero attached hydrogens (tertiary/aromatic N) is 2. The van der Waals surface area contributed by atoms with E-state index in [-0.39, 0.29) is 6.10 Å². The van der Waals surface area contributed by atoms with Crippen LogP contribution in [0, 0.1) is 11.8 Å². The number of rotatable bonds is 0. The van der Waals surface area contributed by atoms with Gasteiger partial charge in [-0.15, -0.1) is 0 Å². The number of aliphatic hydroxyl groups excluding tert-OH is 1. The summed E-state index contributed by atoms with van der Waals surface area (Å²) in [6, 6.07) is 1.11. The fourth-order valence-corrected chi connectivity index (χ4v) is 5.03. The Bertz CT molecular complexity index is 386. The Labute approximate surface area is 114 Å². The number of fused-ring (bicyclic) bond motifs is 6. The summed E-state index contributed by atoms with van der Waals surface area (Å²) in [6.07, 6.45) is 4.64. The van der Waals surface area contributed by atoms with Crippen molar-refractivity contribution in [2.24, 2.45) is 11.8 Å². The molecular formula is C15H24N2O2. The van der Waals surface area contributed by atoms with Gasteiger partial charge in [-0.3, -0.25) is 14.6 Å². The Hall–Kier alpha value is -0.450. The monoisotopic (exact) mass is 264 g/mol. The second kappa shape index (κ2) is 4.54. The van der Waals surface area contributed by atoms with Crippen molar-refractivity contribution >= 4 is 5.78 Å². The molecule has 0 spiro atoms. The molecule has 0 amide bonds. The van der Waals surface area contributed by atoms with Crippen molar-refractivity contribution in [1.29, 1.82) is 0 Å². The Morgan fingerprint density at radius 1 is 1.00 bits per heavy atom. The lowest BCUT2D eigenvalue weighted by atomic mass is 9.70. The minimum Gasteiger partial charge on any atom is -0.393 e. The van der Waals surface area contributed by atoms with Gasteiger partial charge in [-0.1, -0.05) is 0 Å². The molecule has 4 nitrogen and oxygen atoms in total. The van der Waals surface area contributed by atoms with Crippen LogP contribution in [0.4, 0.5) is 0 Å². The van der Waals surface area contributed by atoms with Crippen LogP contribution in [0.2, 0.25) is 0 Å². The normalized spacial score (nSPS) is 47.6. The average molecular weight is 264 g/mol. The van der Waals surface area contributed by atoms with Gasteiger partial charge in [-0.05, 0) is 31.1 Å². The predicted molar refractivity (Wildman–Crippen MR) is 71.8 cm³/mol. The van der Waals surface area contributed by atoms with Gasteiger partial charge < -0.3 is 5.11 Å². The van der Waals surface area contributed by atoms with Gasteiger partial charge in [0, 0.05) is 51.1 Å². The third-order valence-electron chi connectivity index (χ3n) is 5.95. The Morgan fingerprint density at radius 2 is 1.74 bits per heavy atom. The van der Waals surface area contributed by atoms with E-state index < -0.39 is 0 Å². The van der Waals surface area contributed by atoms with E-state index in [1.54, 1.807) is 0 Å². The Balaban J connectivity index is 1.55. The average Bonchev–Trinajstić information content (AvgIpc) is 2.41. The number of aliphatic hydroxyl groups is 1. The van der Waals surface area contributed by atoms with Crippen molar-refractivity contribution in [3.63, 3.8) is 0 Å². The summed E-state index contributed by atoms with van der Waals surface area (Å²) in [7, 11) is 0. The zero-order chi connectivity index (χ0) is 13.0. The molecule has 0 saturated carbocycles. The largest absolute Gasteiger partial charge is 0.393 e. The molecular weight excluding hydrogens is 240 g/mol. The van der Waals surface area contributed by atoms with Crippen molar-refractivity contribution in [3.05, 3.63) is 0 Å². The zero-order valence-electron chi connectivity index (χ0n) is 11.5. The zero-order valence-corrected chi connectivity index (χ0v) is 11.5. The van der Waals surface area contributed by atoms with Gasteiger partial charge in [0.2, 0.25) is 0 Å². The standard InChI is InChI=1S/C15H24N2O2/c18-12-1-3-16-8-10-5-11(14(16)6-12)9-17-4-2-13(19)7-15(10)17/h10-12,14-15,18H,1-9H2/t10-,11-,12-,14?,15?/m0/s1. The van der Waals surface area contributed by atoms with Gasteiger partial charge in [0.05, 0.1) is 6.10 Å². The maximum absolute atomic E-state index is 11.7. The number of hydrogen-bond donors (Lipinski definition) is 1. The lowest BCUT2D eigenvalue weighted by Crippen LogP contribution is -2.64. The Kier molecular flexibility index (Phi) is 2.94. The van der Waals surface area contributed by atoms with Crippen LogP contribution in [0.5, 0.6) is 0 Å². The van der Waals surface area contributed by atoms with Crippen molar-refractivity contribution in [2.45, 2.75) is 50.3 Å². The van der Waals surface area contributed by atoms with Gasteiger partial charge in [0.15, 0.2) is 0 Å². The van der Waals surface area contributed by atoms with E-state index in [1.165, 1.54) is 6.42 Å². The summed E-state index contributed by atoms with van der Waals surface area (Å²) in [5, 5.41) is 9.93. The second-order valence-electron chi connectivity index (χ2n) is 7.05. The van der Waals surface area contributed by atoms with E-state index in [4.69, 9.17) is 0 Å². The van der Waals surface area contributed by atoms with E-state index >= 15 is 0 Å². The maximum atomic E-state index is 11.7. The van der Waals surface area contributed by atoms with E-state index in [0.717, 1.165) is 57.8 Å². The van der Waals surface area contributed by atoms with Crippen LogP contribution in [-0.2, 0) is 4.79 Å². The third-order valence-corrected chi connectivity index (χ3v) is 5.95. The molecule has 4 heteroatoms. The van der Waals surface area contributed by atoms with Gasteiger partial charge in [0.25, 0.3) is 0 Å². The first kappa shape index (κ1) is 12.3. The van der Waals surface area contributed by atoms with Gasteiger partial charge in [0.1, 0.15) is 5.78 Å². The number of piperidine rings is 4. The minimum atomic E-state index is -0.0848. The quantitative estimate of drug-likeness (QED) is 0.692. The van der Waals surface area contributed by atoms with Crippen LogP contribution in [0.25, 0.3) is 0 Å². The van der Waals surface area contributed by atoms with Crippen molar-refractivity contribution < 1.29 is 9.90 Å². The fourth-order valence-electron chi connectivity index (χ4n) is 5.03. The van der Waals surface area contributed by atoms with E-state index in [1.807, 2.05) is 0 Å². The van der Waals surface area contributed by atoms with Gasteiger partial charge >= 0.3 is 0 Å². The topological polar surface area (TPSA) is 43.8 Å². The molecule has 0 aromatic carbocycles. The van der Waals surface area contributed by atoms with Crippen LogP contribution in [-0.4, -0.2) is 65.1 Å². The number of ketones is 1. The summed E-state index contributed by atoms with van der Waals surface area (Å²) in [5.74, 6) is 1.88. The third kappa shape index (κ3) is 2.05.